The minimum Gasteiger partial charge on any atom is -0.343 e. The maximum absolute atomic E-state index is 13.1. The zero-order valence-corrected chi connectivity index (χ0v) is 17.9. The van der Waals surface area contributed by atoms with Crippen LogP contribution in [-0.2, 0) is 7.05 Å². The molecule has 30 heavy (non-hydrogen) atoms. The Bertz CT molecular complexity index is 1300. The van der Waals surface area contributed by atoms with Crippen molar-refractivity contribution in [2.24, 2.45) is 12.0 Å². The number of nitrogens with zero attached hydrogens (tertiary/aromatic N) is 5. The van der Waals surface area contributed by atoms with Gasteiger partial charge in [0.25, 0.3) is 5.91 Å². The molecule has 1 aliphatic heterocycles. The molecule has 0 spiro atoms. The molecule has 0 bridgehead atoms. The SMILES string of the molecule is CN(C)C(=O)c1nc(C2=CC3=CCCCC3N=C2)nc2c1c1ccc(Cl)cc1n2C. The van der Waals surface area contributed by atoms with Gasteiger partial charge in [0.15, 0.2) is 5.82 Å². The highest BCUT2D eigenvalue weighted by Crippen LogP contribution is 2.33. The van der Waals surface area contributed by atoms with E-state index in [2.05, 4.69) is 12.2 Å². The lowest BCUT2D eigenvalue weighted by molar-refractivity contribution is 0.0824. The van der Waals surface area contributed by atoms with Crippen LogP contribution < -0.4 is 0 Å². The maximum Gasteiger partial charge on any atom is 0.272 e. The van der Waals surface area contributed by atoms with Crippen molar-refractivity contribution in [2.75, 3.05) is 14.1 Å². The van der Waals surface area contributed by atoms with E-state index in [0.717, 1.165) is 41.1 Å². The van der Waals surface area contributed by atoms with Gasteiger partial charge in [-0.05, 0) is 43.0 Å². The fourth-order valence-electron chi connectivity index (χ4n) is 4.25. The minimum atomic E-state index is -0.158. The van der Waals surface area contributed by atoms with Crippen LogP contribution in [0.4, 0.5) is 0 Å². The summed E-state index contributed by atoms with van der Waals surface area (Å²) in [7, 11) is 5.40. The minimum absolute atomic E-state index is 0.158. The predicted octanol–water partition coefficient (Wildman–Crippen LogP) is 4.42. The van der Waals surface area contributed by atoms with E-state index in [1.54, 1.807) is 19.0 Å². The molecule has 0 N–H and O–H groups in total. The summed E-state index contributed by atoms with van der Waals surface area (Å²) in [5.74, 6) is 0.354. The van der Waals surface area contributed by atoms with E-state index in [4.69, 9.17) is 26.6 Å². The normalized spacial score (nSPS) is 18.3. The average molecular weight is 420 g/mol. The number of carbonyl (C=O) groups excluding carboxylic acids is 1. The Morgan fingerprint density at radius 1 is 1.27 bits per heavy atom. The van der Waals surface area contributed by atoms with Crippen LogP contribution in [0.25, 0.3) is 27.5 Å². The molecule has 1 atom stereocenters. The first-order chi connectivity index (χ1) is 14.4. The molecule has 1 amide bonds. The second-order valence-corrected chi connectivity index (χ2v) is 8.48. The Morgan fingerprint density at radius 2 is 2.10 bits per heavy atom. The molecule has 1 aromatic carbocycles. The van der Waals surface area contributed by atoms with E-state index in [-0.39, 0.29) is 11.9 Å². The van der Waals surface area contributed by atoms with Gasteiger partial charge in [0, 0.05) is 43.3 Å². The third kappa shape index (κ3) is 2.94. The van der Waals surface area contributed by atoms with Crippen molar-refractivity contribution in [1.29, 1.82) is 0 Å². The number of carbonyl (C=O) groups is 1. The number of allylic oxidation sites excluding steroid dienone is 2. The topological polar surface area (TPSA) is 63.4 Å². The third-order valence-electron chi connectivity index (χ3n) is 5.83. The van der Waals surface area contributed by atoms with E-state index in [9.17, 15) is 4.79 Å². The Morgan fingerprint density at radius 3 is 2.90 bits per heavy atom. The van der Waals surface area contributed by atoms with Crippen LogP contribution in [-0.4, -0.2) is 51.7 Å². The van der Waals surface area contributed by atoms with Crippen LogP contribution in [0.2, 0.25) is 5.02 Å². The van der Waals surface area contributed by atoms with Crippen molar-refractivity contribution < 1.29 is 4.79 Å². The van der Waals surface area contributed by atoms with Crippen LogP contribution in [0.5, 0.6) is 0 Å². The van der Waals surface area contributed by atoms with Gasteiger partial charge in [-0.2, -0.15) is 0 Å². The zero-order chi connectivity index (χ0) is 21.0. The first-order valence-electron chi connectivity index (χ1n) is 10.1. The van der Waals surface area contributed by atoms with E-state index in [1.165, 1.54) is 5.57 Å². The molecular formula is C23H22ClN5O. The number of benzene rings is 1. The predicted molar refractivity (Wildman–Crippen MR) is 121 cm³/mol. The summed E-state index contributed by atoms with van der Waals surface area (Å²) in [6.07, 6.45) is 9.50. The number of amides is 1. The Labute approximate surface area is 179 Å². The van der Waals surface area contributed by atoms with Crippen LogP contribution in [0.15, 0.2) is 40.9 Å². The first kappa shape index (κ1) is 19.0. The smallest absolute Gasteiger partial charge is 0.272 e. The molecule has 0 radical (unpaired) electrons. The molecule has 2 aromatic heterocycles. The lowest BCUT2D eigenvalue weighted by atomic mass is 9.91. The van der Waals surface area contributed by atoms with Crippen molar-refractivity contribution in [2.45, 2.75) is 25.3 Å². The Hall–Kier alpha value is -2.99. The molecule has 1 unspecified atom stereocenters. The summed E-state index contributed by atoms with van der Waals surface area (Å²) < 4.78 is 1.97. The molecule has 0 saturated heterocycles. The van der Waals surface area contributed by atoms with Crippen molar-refractivity contribution in [3.05, 3.63) is 52.5 Å². The molecule has 0 fully saturated rings. The largest absolute Gasteiger partial charge is 0.343 e. The summed E-state index contributed by atoms with van der Waals surface area (Å²) in [5, 5.41) is 2.30. The van der Waals surface area contributed by atoms with Gasteiger partial charge in [0.05, 0.1) is 16.9 Å². The summed E-state index contributed by atoms with van der Waals surface area (Å²) in [6, 6.07) is 5.87. The van der Waals surface area contributed by atoms with E-state index in [0.29, 0.717) is 22.2 Å². The summed E-state index contributed by atoms with van der Waals surface area (Å²) in [5.41, 5.74) is 4.06. The molecule has 1 aliphatic carbocycles. The van der Waals surface area contributed by atoms with Gasteiger partial charge in [-0.15, -0.1) is 0 Å². The zero-order valence-electron chi connectivity index (χ0n) is 17.2. The molecule has 6 nitrogen and oxygen atoms in total. The van der Waals surface area contributed by atoms with Gasteiger partial charge in [-0.3, -0.25) is 9.79 Å². The number of aryl methyl sites for hydroxylation is 1. The Kier molecular flexibility index (Phi) is 4.47. The fraction of sp³-hybridized carbons (Fsp3) is 0.304. The summed E-state index contributed by atoms with van der Waals surface area (Å²) in [6.45, 7) is 0. The molecule has 2 aliphatic rings. The van der Waals surface area contributed by atoms with Crippen molar-refractivity contribution in [1.82, 2.24) is 19.4 Å². The molecule has 3 aromatic rings. The molecule has 5 rings (SSSR count). The molecule has 3 heterocycles. The van der Waals surface area contributed by atoms with Crippen molar-refractivity contribution >= 4 is 51.2 Å². The highest BCUT2D eigenvalue weighted by molar-refractivity contribution is 6.31. The fourth-order valence-corrected chi connectivity index (χ4v) is 4.42. The first-order valence-corrected chi connectivity index (χ1v) is 10.4. The molecular weight excluding hydrogens is 398 g/mol. The number of aromatic nitrogens is 3. The average Bonchev–Trinajstić information content (AvgIpc) is 3.03. The number of hydrogen-bond donors (Lipinski definition) is 0. The van der Waals surface area contributed by atoms with Gasteiger partial charge in [-0.25, -0.2) is 9.97 Å². The van der Waals surface area contributed by atoms with Gasteiger partial charge in [-0.1, -0.05) is 23.7 Å². The summed E-state index contributed by atoms with van der Waals surface area (Å²) in [4.78, 5) is 28.9. The molecule has 152 valence electrons. The Balaban J connectivity index is 1.79. The highest BCUT2D eigenvalue weighted by Gasteiger charge is 2.25. The van der Waals surface area contributed by atoms with Gasteiger partial charge < -0.3 is 9.47 Å². The number of fused-ring (bicyclic) bond motifs is 4. The van der Waals surface area contributed by atoms with Crippen LogP contribution in [0.3, 0.4) is 0 Å². The number of aliphatic imine (C=N–C) groups is 1. The lowest BCUT2D eigenvalue weighted by Crippen LogP contribution is -2.24. The third-order valence-corrected chi connectivity index (χ3v) is 6.06. The second-order valence-electron chi connectivity index (χ2n) is 8.04. The lowest BCUT2D eigenvalue weighted by Gasteiger charge is -2.22. The van der Waals surface area contributed by atoms with E-state index < -0.39 is 0 Å². The molecule has 0 saturated carbocycles. The monoisotopic (exact) mass is 419 g/mol. The number of hydrogen-bond acceptors (Lipinski definition) is 4. The quantitative estimate of drug-likeness (QED) is 0.617. The number of dihydropyridines is 1. The second kappa shape index (κ2) is 7.06. The highest BCUT2D eigenvalue weighted by atomic mass is 35.5. The maximum atomic E-state index is 13.1. The van der Waals surface area contributed by atoms with Crippen molar-refractivity contribution in [3.8, 4) is 0 Å². The summed E-state index contributed by atoms with van der Waals surface area (Å²) >= 11 is 6.23. The number of halogens is 1. The van der Waals surface area contributed by atoms with Gasteiger partial charge in [0.2, 0.25) is 0 Å². The van der Waals surface area contributed by atoms with Crippen LogP contribution in [0, 0.1) is 0 Å². The van der Waals surface area contributed by atoms with Crippen molar-refractivity contribution in [3.63, 3.8) is 0 Å². The van der Waals surface area contributed by atoms with E-state index in [1.807, 2.05) is 36.0 Å². The number of rotatable bonds is 2. The molecule has 7 heteroatoms. The van der Waals surface area contributed by atoms with Crippen LogP contribution in [0.1, 0.15) is 35.6 Å². The standard InChI is InChI=1S/C23H22ClN5O/c1-28(2)23(30)20-19-16-9-8-15(24)11-18(16)29(3)22(19)27-21(26-20)14-10-13-6-4-5-7-17(13)25-12-14/h6,8-12,17H,4-5,7H2,1-3H3. The van der Waals surface area contributed by atoms with E-state index >= 15 is 0 Å². The van der Waals surface area contributed by atoms with Gasteiger partial charge >= 0.3 is 0 Å². The van der Waals surface area contributed by atoms with Gasteiger partial charge in [0.1, 0.15) is 11.3 Å². The van der Waals surface area contributed by atoms with Crippen LogP contribution >= 0.6 is 11.6 Å².